The highest BCUT2D eigenvalue weighted by Crippen LogP contribution is 2.43. The zero-order valence-corrected chi connectivity index (χ0v) is 12.0. The second-order valence-electron chi connectivity index (χ2n) is 5.51. The molecule has 104 valence electrons. The molecule has 1 heterocycles. The monoisotopic (exact) mass is 275 g/mol. The van der Waals surface area contributed by atoms with Gasteiger partial charge in [-0.1, -0.05) is 48.5 Å². The predicted octanol–water partition coefficient (Wildman–Crippen LogP) is 3.28. The van der Waals surface area contributed by atoms with Crippen LogP contribution in [-0.2, 0) is 13.6 Å². The minimum absolute atomic E-state index is 0.262. The van der Waals surface area contributed by atoms with Crippen LogP contribution >= 0.6 is 0 Å². The van der Waals surface area contributed by atoms with E-state index in [0.29, 0.717) is 0 Å². The maximum absolute atomic E-state index is 4.23. The lowest BCUT2D eigenvalue weighted by atomic mass is 10.1. The average molecular weight is 275 g/mol. The summed E-state index contributed by atoms with van der Waals surface area (Å²) in [4.78, 5) is 0. The first kappa shape index (κ1) is 12.4. The first-order chi connectivity index (χ1) is 10.3. The third-order valence-corrected chi connectivity index (χ3v) is 4.10. The Kier molecular flexibility index (Phi) is 2.86. The molecule has 3 aromatic rings. The fourth-order valence-electron chi connectivity index (χ4n) is 3.16. The van der Waals surface area contributed by atoms with Gasteiger partial charge in [-0.2, -0.15) is 5.10 Å². The van der Waals surface area contributed by atoms with Gasteiger partial charge in [0.1, 0.15) is 0 Å². The van der Waals surface area contributed by atoms with Crippen molar-refractivity contribution in [1.29, 1.82) is 0 Å². The molecule has 1 aromatic heterocycles. The van der Waals surface area contributed by atoms with Gasteiger partial charge in [-0.3, -0.25) is 4.68 Å². The van der Waals surface area contributed by atoms with Crippen molar-refractivity contribution in [2.45, 2.75) is 12.6 Å². The summed E-state index contributed by atoms with van der Waals surface area (Å²) < 4.78 is 1.84. The third kappa shape index (κ3) is 2.06. The van der Waals surface area contributed by atoms with Crippen molar-refractivity contribution >= 4 is 0 Å². The lowest BCUT2D eigenvalue weighted by Crippen LogP contribution is -2.19. The zero-order valence-electron chi connectivity index (χ0n) is 12.0. The van der Waals surface area contributed by atoms with Crippen LogP contribution in [0.15, 0.2) is 60.9 Å². The number of benzene rings is 2. The van der Waals surface area contributed by atoms with Crippen LogP contribution in [0.4, 0.5) is 0 Å². The molecule has 0 saturated carbocycles. The molecule has 0 amide bonds. The minimum Gasteiger partial charge on any atom is -0.302 e. The molecular weight excluding hydrogens is 258 g/mol. The highest BCUT2D eigenvalue weighted by molar-refractivity contribution is 5.78. The van der Waals surface area contributed by atoms with Gasteiger partial charge in [0.2, 0.25) is 0 Å². The summed E-state index contributed by atoms with van der Waals surface area (Å²) in [6, 6.07) is 17.6. The Balaban J connectivity index is 1.68. The van der Waals surface area contributed by atoms with Crippen molar-refractivity contribution in [3.05, 3.63) is 77.6 Å². The molecule has 1 N–H and O–H groups in total. The van der Waals surface area contributed by atoms with Gasteiger partial charge in [0.15, 0.2) is 0 Å². The number of rotatable bonds is 3. The Bertz CT molecular complexity index is 743. The molecule has 3 heteroatoms. The molecule has 0 fully saturated rings. The Morgan fingerprint density at radius 2 is 1.62 bits per heavy atom. The molecule has 4 rings (SSSR count). The van der Waals surface area contributed by atoms with Crippen LogP contribution in [-0.4, -0.2) is 9.78 Å². The Morgan fingerprint density at radius 1 is 1.00 bits per heavy atom. The number of aryl methyl sites for hydroxylation is 1. The summed E-state index contributed by atoms with van der Waals surface area (Å²) in [5.41, 5.74) is 6.62. The van der Waals surface area contributed by atoms with Gasteiger partial charge in [0.05, 0.1) is 12.2 Å². The predicted molar refractivity (Wildman–Crippen MR) is 83.8 cm³/mol. The summed E-state index contributed by atoms with van der Waals surface area (Å²) in [6.45, 7) is 0.821. The first-order valence-corrected chi connectivity index (χ1v) is 7.22. The van der Waals surface area contributed by atoms with Crippen LogP contribution in [0.25, 0.3) is 11.1 Å². The molecule has 1 aliphatic rings. The molecule has 0 radical (unpaired) electrons. The molecule has 2 aromatic carbocycles. The van der Waals surface area contributed by atoms with E-state index in [2.05, 4.69) is 65.1 Å². The molecular formula is C18H17N3. The van der Waals surface area contributed by atoms with Crippen molar-refractivity contribution in [1.82, 2.24) is 15.1 Å². The van der Waals surface area contributed by atoms with E-state index < -0.39 is 0 Å². The van der Waals surface area contributed by atoms with E-state index in [1.807, 2.05) is 17.9 Å². The van der Waals surface area contributed by atoms with Gasteiger partial charge in [0, 0.05) is 25.4 Å². The molecule has 0 aliphatic heterocycles. The summed E-state index contributed by atoms with van der Waals surface area (Å²) in [7, 11) is 1.95. The summed E-state index contributed by atoms with van der Waals surface area (Å²) in [5.74, 6) is 0. The molecule has 0 unspecified atom stereocenters. The van der Waals surface area contributed by atoms with E-state index in [1.54, 1.807) is 0 Å². The standard InChI is InChI=1S/C18H17N3/c1-21-12-13(11-20-21)10-19-18-16-8-4-2-6-14(16)15-7-3-5-9-17(15)18/h2-9,11-12,18-19H,10H2,1H3. The maximum Gasteiger partial charge on any atom is 0.0591 e. The van der Waals surface area contributed by atoms with Crippen LogP contribution < -0.4 is 5.32 Å². The van der Waals surface area contributed by atoms with E-state index in [9.17, 15) is 0 Å². The maximum atomic E-state index is 4.23. The smallest absolute Gasteiger partial charge is 0.0591 e. The first-order valence-electron chi connectivity index (χ1n) is 7.22. The number of aromatic nitrogens is 2. The SMILES string of the molecule is Cn1cc(CNC2c3ccccc3-c3ccccc32)cn1. The van der Waals surface area contributed by atoms with Crippen molar-refractivity contribution in [3.63, 3.8) is 0 Å². The van der Waals surface area contributed by atoms with Crippen LogP contribution in [0.2, 0.25) is 0 Å². The van der Waals surface area contributed by atoms with Gasteiger partial charge in [-0.15, -0.1) is 0 Å². The molecule has 0 bridgehead atoms. The van der Waals surface area contributed by atoms with Crippen LogP contribution in [0, 0.1) is 0 Å². The Labute approximate surface area is 124 Å². The highest BCUT2D eigenvalue weighted by atomic mass is 15.2. The quantitative estimate of drug-likeness (QED) is 0.795. The number of hydrogen-bond acceptors (Lipinski definition) is 2. The van der Waals surface area contributed by atoms with Gasteiger partial charge in [-0.05, 0) is 22.3 Å². The second-order valence-corrected chi connectivity index (χ2v) is 5.51. The number of fused-ring (bicyclic) bond motifs is 3. The van der Waals surface area contributed by atoms with Gasteiger partial charge >= 0.3 is 0 Å². The lowest BCUT2D eigenvalue weighted by Gasteiger charge is -2.15. The van der Waals surface area contributed by atoms with E-state index in [1.165, 1.54) is 27.8 Å². The summed E-state index contributed by atoms with van der Waals surface area (Å²) in [6.07, 6.45) is 3.97. The molecule has 0 atom stereocenters. The van der Waals surface area contributed by atoms with E-state index in [4.69, 9.17) is 0 Å². The molecule has 0 saturated heterocycles. The highest BCUT2D eigenvalue weighted by Gasteiger charge is 2.27. The van der Waals surface area contributed by atoms with Crippen molar-refractivity contribution in [2.75, 3.05) is 0 Å². The minimum atomic E-state index is 0.262. The molecule has 3 nitrogen and oxygen atoms in total. The number of nitrogens with one attached hydrogen (secondary N) is 1. The fraction of sp³-hybridized carbons (Fsp3) is 0.167. The third-order valence-electron chi connectivity index (χ3n) is 4.10. The topological polar surface area (TPSA) is 29.9 Å². The van der Waals surface area contributed by atoms with Crippen LogP contribution in [0.5, 0.6) is 0 Å². The Morgan fingerprint density at radius 3 is 2.19 bits per heavy atom. The van der Waals surface area contributed by atoms with E-state index >= 15 is 0 Å². The van der Waals surface area contributed by atoms with Gasteiger partial charge < -0.3 is 5.32 Å². The summed E-state index contributed by atoms with van der Waals surface area (Å²) >= 11 is 0. The second kappa shape index (κ2) is 4.86. The fourth-order valence-corrected chi connectivity index (χ4v) is 3.16. The summed E-state index contributed by atoms with van der Waals surface area (Å²) in [5, 5.41) is 7.90. The number of hydrogen-bond donors (Lipinski definition) is 1. The Hall–Kier alpha value is -2.39. The van der Waals surface area contributed by atoms with Crippen LogP contribution in [0.1, 0.15) is 22.7 Å². The van der Waals surface area contributed by atoms with Crippen LogP contribution in [0.3, 0.4) is 0 Å². The van der Waals surface area contributed by atoms with Crippen molar-refractivity contribution < 1.29 is 0 Å². The molecule has 0 spiro atoms. The lowest BCUT2D eigenvalue weighted by molar-refractivity contribution is 0.615. The average Bonchev–Trinajstić information content (AvgIpc) is 3.07. The van der Waals surface area contributed by atoms with E-state index in [0.717, 1.165) is 6.54 Å². The van der Waals surface area contributed by atoms with Gasteiger partial charge in [0.25, 0.3) is 0 Å². The van der Waals surface area contributed by atoms with Crippen molar-refractivity contribution in [2.24, 2.45) is 7.05 Å². The van der Waals surface area contributed by atoms with E-state index in [-0.39, 0.29) is 6.04 Å². The molecule has 1 aliphatic carbocycles. The zero-order chi connectivity index (χ0) is 14.2. The molecule has 21 heavy (non-hydrogen) atoms. The van der Waals surface area contributed by atoms with Gasteiger partial charge in [-0.25, -0.2) is 0 Å². The number of nitrogens with zero attached hydrogens (tertiary/aromatic N) is 2. The normalized spacial score (nSPS) is 13.2. The largest absolute Gasteiger partial charge is 0.302 e. The van der Waals surface area contributed by atoms with Crippen molar-refractivity contribution in [3.8, 4) is 11.1 Å².